The Balaban J connectivity index is 1.33. The van der Waals surface area contributed by atoms with Crippen molar-refractivity contribution in [3.05, 3.63) is 0 Å². The molecule has 2 aliphatic carbocycles. The van der Waals surface area contributed by atoms with Crippen molar-refractivity contribution < 1.29 is 23.0 Å². The molecule has 0 aromatic carbocycles. The summed E-state index contributed by atoms with van der Waals surface area (Å²) >= 11 is 0. The van der Waals surface area contributed by atoms with Crippen molar-refractivity contribution in [1.82, 2.24) is 10.2 Å². The molecule has 1 spiro atoms. The monoisotopic (exact) mass is 442 g/mol. The lowest BCUT2D eigenvalue weighted by Gasteiger charge is -2.44. The van der Waals surface area contributed by atoms with Crippen LogP contribution in [0.5, 0.6) is 0 Å². The van der Waals surface area contributed by atoms with Crippen LogP contribution in [0, 0.1) is 11.8 Å². The lowest BCUT2D eigenvalue weighted by atomic mass is 9.70. The summed E-state index contributed by atoms with van der Waals surface area (Å²) in [5, 5.41) is 3.79. The average molecular weight is 443 g/mol. The number of hydrogen-bond donors (Lipinski definition) is 1. The van der Waals surface area contributed by atoms with E-state index in [1.165, 1.54) is 0 Å². The first kappa shape index (κ1) is 22.5. The Morgan fingerprint density at radius 2 is 1.87 bits per heavy atom. The smallest absolute Gasteiger partial charge is 0.129 e. The number of nitrogens with one attached hydrogen (secondary N) is 1. The number of morpholine rings is 1. The molecular weight excluding hydrogens is 402 g/mol. The molecule has 178 valence electrons. The third-order valence-electron chi connectivity index (χ3n) is 8.82. The summed E-state index contributed by atoms with van der Waals surface area (Å²) in [6.45, 7) is 6.87. The zero-order chi connectivity index (χ0) is 21.4. The Hall–Kier alpha value is -0.340. The van der Waals surface area contributed by atoms with Gasteiger partial charge in [-0.2, -0.15) is 0 Å². The van der Waals surface area contributed by atoms with Crippen LogP contribution in [0.25, 0.3) is 0 Å². The van der Waals surface area contributed by atoms with E-state index >= 15 is 0 Å². The van der Waals surface area contributed by atoms with Gasteiger partial charge in [0.1, 0.15) is 12.3 Å². The first-order valence-corrected chi connectivity index (χ1v) is 12.7. The normalized spacial score (nSPS) is 50.0. The average Bonchev–Trinajstić information content (AvgIpc) is 3.01. The molecule has 7 atom stereocenters. The van der Waals surface area contributed by atoms with Crippen LogP contribution in [0.2, 0.25) is 0 Å². The highest BCUT2D eigenvalue weighted by molar-refractivity contribution is 5.10. The number of halogens is 2. The van der Waals surface area contributed by atoms with E-state index in [9.17, 15) is 8.78 Å². The van der Waals surface area contributed by atoms with Crippen molar-refractivity contribution in [1.29, 1.82) is 0 Å². The van der Waals surface area contributed by atoms with Gasteiger partial charge in [0.05, 0.1) is 43.6 Å². The molecule has 6 aliphatic rings. The van der Waals surface area contributed by atoms with E-state index < -0.39 is 18.4 Å². The number of nitrogens with zero attached hydrogens (tertiary/aromatic N) is 1. The SMILES string of the molecule is C[C@@H]1C[C@]2(COCCN2)[C@H]2COC3CCC(CC3)C3CC(F)CC(F)C3OCCCN12. The van der Waals surface area contributed by atoms with Crippen LogP contribution in [-0.4, -0.2) is 86.6 Å². The molecule has 31 heavy (non-hydrogen) atoms. The van der Waals surface area contributed by atoms with Crippen molar-refractivity contribution in [2.45, 2.75) is 100 Å². The summed E-state index contributed by atoms with van der Waals surface area (Å²) in [5.74, 6) is 0.361. The molecule has 4 unspecified atom stereocenters. The van der Waals surface area contributed by atoms with Gasteiger partial charge >= 0.3 is 0 Å². The third-order valence-corrected chi connectivity index (χ3v) is 8.82. The number of rotatable bonds is 0. The maximum atomic E-state index is 14.9. The van der Waals surface area contributed by atoms with E-state index in [0.717, 1.165) is 71.4 Å². The Labute approximate surface area is 185 Å². The van der Waals surface area contributed by atoms with E-state index in [0.29, 0.717) is 25.0 Å². The second-order valence-corrected chi connectivity index (χ2v) is 10.7. The number of hydrogen-bond acceptors (Lipinski definition) is 5. The molecule has 0 radical (unpaired) electrons. The summed E-state index contributed by atoms with van der Waals surface area (Å²) in [6, 6.07) is 0.724. The maximum absolute atomic E-state index is 14.9. The quantitative estimate of drug-likeness (QED) is 0.624. The summed E-state index contributed by atoms with van der Waals surface area (Å²) in [6.07, 6.45) is 3.94. The van der Waals surface area contributed by atoms with Crippen molar-refractivity contribution >= 4 is 0 Å². The molecule has 0 aromatic heterocycles. The second-order valence-electron chi connectivity index (χ2n) is 10.7. The van der Waals surface area contributed by atoms with Crippen LogP contribution >= 0.6 is 0 Å². The van der Waals surface area contributed by atoms with Gasteiger partial charge in [-0.3, -0.25) is 4.90 Å². The summed E-state index contributed by atoms with van der Waals surface area (Å²) in [7, 11) is 0. The zero-order valence-electron chi connectivity index (χ0n) is 18.9. The molecule has 0 aromatic rings. The van der Waals surface area contributed by atoms with Crippen LogP contribution in [0.4, 0.5) is 8.78 Å². The molecule has 2 bridgehead atoms. The van der Waals surface area contributed by atoms with E-state index in [1.54, 1.807) is 0 Å². The van der Waals surface area contributed by atoms with Gasteiger partial charge in [0.15, 0.2) is 0 Å². The van der Waals surface area contributed by atoms with Crippen molar-refractivity contribution in [2.24, 2.45) is 11.8 Å². The van der Waals surface area contributed by atoms with Crippen molar-refractivity contribution in [3.63, 3.8) is 0 Å². The van der Waals surface area contributed by atoms with Crippen molar-refractivity contribution in [2.75, 3.05) is 39.5 Å². The fraction of sp³-hybridized carbons (Fsp3) is 1.00. The molecule has 2 saturated carbocycles. The summed E-state index contributed by atoms with van der Waals surface area (Å²) < 4.78 is 47.7. The minimum atomic E-state index is -1.18. The fourth-order valence-electron chi connectivity index (χ4n) is 7.30. The third kappa shape index (κ3) is 4.54. The van der Waals surface area contributed by atoms with Crippen LogP contribution in [0.3, 0.4) is 0 Å². The molecule has 4 saturated heterocycles. The highest BCUT2D eigenvalue weighted by Crippen LogP contribution is 2.43. The lowest BCUT2D eigenvalue weighted by Crippen LogP contribution is -2.63. The Morgan fingerprint density at radius 1 is 1.03 bits per heavy atom. The predicted octanol–water partition coefficient (Wildman–Crippen LogP) is 3.26. The van der Waals surface area contributed by atoms with Gasteiger partial charge in [-0.1, -0.05) is 0 Å². The lowest BCUT2D eigenvalue weighted by molar-refractivity contribution is -0.110. The Bertz CT molecular complexity index is 597. The molecule has 4 aliphatic heterocycles. The fourth-order valence-corrected chi connectivity index (χ4v) is 7.30. The van der Waals surface area contributed by atoms with E-state index in [-0.39, 0.29) is 30.0 Å². The molecule has 6 fully saturated rings. The van der Waals surface area contributed by atoms with Gasteiger partial charge in [0.25, 0.3) is 0 Å². The van der Waals surface area contributed by atoms with Crippen molar-refractivity contribution in [3.8, 4) is 0 Å². The molecule has 6 rings (SSSR count). The standard InChI is InChI=1S/C24H40F2N2O3/c1-16-13-24(15-29-10-7-27-24)22-14-31-19-5-3-17(4-6-19)20-11-18(25)12-21(26)23(20)30-9-2-8-28(16)22/h16-23,27H,2-15H2,1H3/t16-,17?,18?,19?,20?,21?,22-,23?,24+/m1/s1. The molecule has 5 nitrogen and oxygen atoms in total. The zero-order valence-corrected chi connectivity index (χ0v) is 18.9. The van der Waals surface area contributed by atoms with Crippen LogP contribution in [-0.2, 0) is 14.2 Å². The van der Waals surface area contributed by atoms with Crippen LogP contribution < -0.4 is 5.32 Å². The van der Waals surface area contributed by atoms with E-state index in [1.807, 2.05) is 0 Å². The molecule has 0 amide bonds. The highest BCUT2D eigenvalue weighted by atomic mass is 19.1. The molecule has 4 heterocycles. The van der Waals surface area contributed by atoms with Gasteiger partial charge < -0.3 is 19.5 Å². The minimum absolute atomic E-state index is 0.000947. The summed E-state index contributed by atoms with van der Waals surface area (Å²) in [4.78, 5) is 2.56. The van der Waals surface area contributed by atoms with Gasteiger partial charge in [0.2, 0.25) is 0 Å². The predicted molar refractivity (Wildman–Crippen MR) is 115 cm³/mol. The molecule has 7 heteroatoms. The van der Waals surface area contributed by atoms with E-state index in [4.69, 9.17) is 14.2 Å². The van der Waals surface area contributed by atoms with Crippen LogP contribution in [0.1, 0.15) is 58.3 Å². The Kier molecular flexibility index (Phi) is 6.88. The first-order chi connectivity index (χ1) is 15.1. The molecular formula is C24H40F2N2O3. The maximum Gasteiger partial charge on any atom is 0.129 e. The second kappa shape index (κ2) is 9.49. The number of alkyl halides is 2. The Morgan fingerprint density at radius 3 is 2.65 bits per heavy atom. The number of ether oxygens (including phenoxy) is 3. The van der Waals surface area contributed by atoms with Gasteiger partial charge in [0, 0.05) is 32.2 Å². The largest absolute Gasteiger partial charge is 0.378 e. The van der Waals surface area contributed by atoms with Gasteiger partial charge in [-0.05, 0) is 63.7 Å². The highest BCUT2D eigenvalue weighted by Gasteiger charge is 2.52. The molecule has 1 N–H and O–H groups in total. The van der Waals surface area contributed by atoms with Gasteiger partial charge in [-0.15, -0.1) is 0 Å². The van der Waals surface area contributed by atoms with E-state index in [2.05, 4.69) is 17.1 Å². The minimum Gasteiger partial charge on any atom is -0.378 e. The van der Waals surface area contributed by atoms with Crippen LogP contribution in [0.15, 0.2) is 0 Å². The summed E-state index contributed by atoms with van der Waals surface area (Å²) in [5.41, 5.74) is -0.0402. The van der Waals surface area contributed by atoms with Gasteiger partial charge in [-0.25, -0.2) is 8.78 Å². The first-order valence-electron chi connectivity index (χ1n) is 12.7. The topological polar surface area (TPSA) is 43.0 Å². The number of fused-ring (bicyclic) bond motifs is 6.